The monoisotopic (exact) mass is 469 g/mol. The number of carbonyl (C=O) groups excluding carboxylic acids is 2. The summed E-state index contributed by atoms with van der Waals surface area (Å²) in [6, 6.07) is 3.61. The summed E-state index contributed by atoms with van der Waals surface area (Å²) in [5.74, 6) is 6.17. The van der Waals surface area contributed by atoms with Crippen LogP contribution in [-0.2, 0) is 15.0 Å². The number of pyridine rings is 1. The van der Waals surface area contributed by atoms with Crippen LogP contribution in [0.15, 0.2) is 18.3 Å². The predicted octanol–water partition coefficient (Wildman–Crippen LogP) is 4.77. The highest BCUT2D eigenvalue weighted by Crippen LogP contribution is 2.25. The van der Waals surface area contributed by atoms with Crippen LogP contribution in [0.1, 0.15) is 65.4 Å². The number of aromatic nitrogens is 3. The second-order valence-electron chi connectivity index (χ2n) is 8.95. The fourth-order valence-corrected chi connectivity index (χ4v) is 3.03. The number of rotatable bonds is 6. The molecule has 2 aromatic rings. The van der Waals surface area contributed by atoms with Gasteiger partial charge in [0.25, 0.3) is 0 Å². The fourth-order valence-electron chi connectivity index (χ4n) is 2.92. The van der Waals surface area contributed by atoms with Crippen LogP contribution >= 0.6 is 11.6 Å². The van der Waals surface area contributed by atoms with E-state index in [1.165, 1.54) is 4.90 Å². The van der Waals surface area contributed by atoms with Crippen molar-refractivity contribution in [3.8, 4) is 11.8 Å². The lowest BCUT2D eigenvalue weighted by Crippen LogP contribution is -2.36. The number of carbonyl (C=O) groups is 2. The summed E-state index contributed by atoms with van der Waals surface area (Å²) in [6.45, 7) is 15.2. The second-order valence-corrected chi connectivity index (χ2v) is 9.39. The smallest absolute Gasteiger partial charge is 0.234 e. The Balaban J connectivity index is 2.60. The predicted molar refractivity (Wildman–Crippen MR) is 132 cm³/mol. The van der Waals surface area contributed by atoms with E-state index in [1.54, 1.807) is 33.0 Å². The number of halogens is 1. The van der Waals surface area contributed by atoms with Crippen molar-refractivity contribution in [2.75, 3.05) is 16.8 Å². The van der Waals surface area contributed by atoms with E-state index in [-0.39, 0.29) is 29.6 Å². The molecule has 8 heteroatoms. The lowest BCUT2D eigenvalue weighted by atomic mass is 9.89. The Bertz CT molecular complexity index is 1080. The molecule has 33 heavy (non-hydrogen) atoms. The highest BCUT2D eigenvalue weighted by molar-refractivity contribution is 6.30. The van der Waals surface area contributed by atoms with Gasteiger partial charge >= 0.3 is 0 Å². The molecule has 0 bridgehead atoms. The third-order valence-corrected chi connectivity index (χ3v) is 5.25. The van der Waals surface area contributed by atoms with Gasteiger partial charge < -0.3 is 5.32 Å². The third kappa shape index (κ3) is 6.52. The van der Waals surface area contributed by atoms with Crippen LogP contribution in [0.25, 0.3) is 0 Å². The van der Waals surface area contributed by atoms with E-state index in [0.29, 0.717) is 28.6 Å². The molecule has 2 amide bonds. The van der Waals surface area contributed by atoms with Gasteiger partial charge in [-0.3, -0.25) is 19.5 Å². The SMILES string of the molecule is CCN(C(=O)C(C)C)c1nc(C)c(C#CC(C)(C)c2ccc(Cl)cn2)c(NC(=O)C(C)C)n1. The van der Waals surface area contributed by atoms with E-state index in [1.807, 2.05) is 40.7 Å². The first-order valence-corrected chi connectivity index (χ1v) is 11.4. The van der Waals surface area contributed by atoms with Crippen LogP contribution in [0.4, 0.5) is 11.8 Å². The Morgan fingerprint density at radius 2 is 1.82 bits per heavy atom. The molecule has 0 fully saturated rings. The molecule has 2 heterocycles. The summed E-state index contributed by atoms with van der Waals surface area (Å²) in [4.78, 5) is 40.2. The highest BCUT2D eigenvalue weighted by atomic mass is 35.5. The summed E-state index contributed by atoms with van der Waals surface area (Å²) in [5.41, 5.74) is 1.25. The zero-order valence-electron chi connectivity index (χ0n) is 20.6. The average Bonchev–Trinajstić information content (AvgIpc) is 2.73. The maximum Gasteiger partial charge on any atom is 0.234 e. The molecule has 2 aromatic heterocycles. The van der Waals surface area contributed by atoms with E-state index in [9.17, 15) is 9.59 Å². The molecule has 0 aliphatic carbocycles. The Morgan fingerprint density at radius 1 is 1.15 bits per heavy atom. The molecule has 0 unspecified atom stereocenters. The van der Waals surface area contributed by atoms with Crippen LogP contribution in [0.3, 0.4) is 0 Å². The molecule has 7 nitrogen and oxygen atoms in total. The molecule has 0 aromatic carbocycles. The normalized spacial score (nSPS) is 11.2. The van der Waals surface area contributed by atoms with Crippen molar-refractivity contribution in [1.82, 2.24) is 15.0 Å². The highest BCUT2D eigenvalue weighted by Gasteiger charge is 2.24. The fraction of sp³-hybridized carbons (Fsp3) is 0.480. The Morgan fingerprint density at radius 3 is 2.33 bits per heavy atom. The molecule has 0 atom stereocenters. The van der Waals surface area contributed by atoms with Gasteiger partial charge in [0.15, 0.2) is 5.82 Å². The first-order chi connectivity index (χ1) is 15.4. The van der Waals surface area contributed by atoms with Gasteiger partial charge in [-0.1, -0.05) is 51.1 Å². The molecule has 176 valence electrons. The van der Waals surface area contributed by atoms with Crippen molar-refractivity contribution in [3.05, 3.63) is 40.3 Å². The standard InChI is InChI=1S/C25H32ClN5O2/c1-9-31(23(33)16(4)5)24-28-17(6)19(21(30-24)29-22(32)15(2)3)12-13-25(7,8)20-11-10-18(26)14-27-20/h10-11,14-16H,9H2,1-8H3,(H,28,29,30,32). The maximum atomic E-state index is 12.7. The molecule has 0 saturated carbocycles. The zero-order valence-corrected chi connectivity index (χ0v) is 21.3. The quantitative estimate of drug-likeness (QED) is 0.616. The van der Waals surface area contributed by atoms with Gasteiger partial charge in [-0.2, -0.15) is 4.98 Å². The molecule has 0 aliphatic heterocycles. The van der Waals surface area contributed by atoms with Gasteiger partial charge in [0, 0.05) is 24.6 Å². The van der Waals surface area contributed by atoms with Gasteiger partial charge in [0.2, 0.25) is 17.8 Å². The van der Waals surface area contributed by atoms with Crippen LogP contribution in [0.5, 0.6) is 0 Å². The summed E-state index contributed by atoms with van der Waals surface area (Å²) in [7, 11) is 0. The lowest BCUT2D eigenvalue weighted by molar-refractivity contribution is -0.121. The van der Waals surface area contributed by atoms with Gasteiger partial charge in [-0.05, 0) is 39.8 Å². The van der Waals surface area contributed by atoms with Gasteiger partial charge in [-0.25, -0.2) is 4.98 Å². The summed E-state index contributed by atoms with van der Waals surface area (Å²) in [5, 5.41) is 3.41. The molecular weight excluding hydrogens is 438 g/mol. The molecule has 0 saturated heterocycles. The number of hydrogen-bond acceptors (Lipinski definition) is 5. The summed E-state index contributed by atoms with van der Waals surface area (Å²) >= 11 is 5.96. The van der Waals surface area contributed by atoms with Gasteiger partial charge in [0.1, 0.15) is 0 Å². The number of nitrogens with one attached hydrogen (secondary N) is 1. The summed E-state index contributed by atoms with van der Waals surface area (Å²) < 4.78 is 0. The van der Waals surface area contributed by atoms with E-state index < -0.39 is 5.41 Å². The molecule has 0 aliphatic rings. The largest absolute Gasteiger partial charge is 0.309 e. The summed E-state index contributed by atoms with van der Waals surface area (Å²) in [6.07, 6.45) is 1.59. The Labute approximate surface area is 201 Å². The topological polar surface area (TPSA) is 88.1 Å². The van der Waals surface area contributed by atoms with Gasteiger partial charge in [0.05, 0.1) is 27.4 Å². The Hall–Kier alpha value is -2.98. The lowest BCUT2D eigenvalue weighted by Gasteiger charge is -2.22. The molecule has 1 N–H and O–H groups in total. The Kier molecular flexibility index (Phi) is 8.57. The molecular formula is C25H32ClN5O2. The van der Waals surface area contributed by atoms with Crippen molar-refractivity contribution in [1.29, 1.82) is 0 Å². The number of aryl methyl sites for hydroxylation is 1. The maximum absolute atomic E-state index is 12.7. The first-order valence-electron chi connectivity index (χ1n) is 11.0. The molecule has 2 rings (SSSR count). The first kappa shape index (κ1) is 26.3. The van der Waals surface area contributed by atoms with Crippen molar-refractivity contribution in [2.24, 2.45) is 11.8 Å². The minimum absolute atomic E-state index is 0.0909. The molecule has 0 spiro atoms. The van der Waals surface area contributed by atoms with E-state index in [0.717, 1.165) is 5.69 Å². The third-order valence-electron chi connectivity index (χ3n) is 5.03. The van der Waals surface area contributed by atoms with Crippen molar-refractivity contribution < 1.29 is 9.59 Å². The van der Waals surface area contributed by atoms with E-state index in [4.69, 9.17) is 11.6 Å². The van der Waals surface area contributed by atoms with Crippen LogP contribution in [-0.4, -0.2) is 33.3 Å². The second kappa shape index (κ2) is 10.8. The molecule has 0 radical (unpaired) electrons. The minimum Gasteiger partial charge on any atom is -0.309 e. The van der Waals surface area contributed by atoms with Crippen molar-refractivity contribution in [3.63, 3.8) is 0 Å². The number of hydrogen-bond donors (Lipinski definition) is 1. The van der Waals surface area contributed by atoms with E-state index >= 15 is 0 Å². The van der Waals surface area contributed by atoms with Crippen LogP contribution < -0.4 is 10.2 Å². The van der Waals surface area contributed by atoms with Crippen LogP contribution in [0, 0.1) is 30.6 Å². The number of nitrogens with zero attached hydrogens (tertiary/aromatic N) is 4. The zero-order chi connectivity index (χ0) is 24.9. The van der Waals surface area contributed by atoms with Crippen LogP contribution in [0.2, 0.25) is 5.02 Å². The van der Waals surface area contributed by atoms with E-state index in [2.05, 4.69) is 32.1 Å². The number of anilines is 2. The van der Waals surface area contributed by atoms with Gasteiger partial charge in [-0.15, -0.1) is 0 Å². The number of amides is 2. The average molecular weight is 470 g/mol. The van der Waals surface area contributed by atoms with Crippen molar-refractivity contribution in [2.45, 2.75) is 60.8 Å². The van der Waals surface area contributed by atoms with Crippen molar-refractivity contribution >= 4 is 35.2 Å². The minimum atomic E-state index is -0.585.